The summed E-state index contributed by atoms with van der Waals surface area (Å²) < 4.78 is 2.08. The number of aromatic nitrogens is 3. The summed E-state index contributed by atoms with van der Waals surface area (Å²) in [5.74, 6) is -0.0933. The van der Waals surface area contributed by atoms with Gasteiger partial charge in [0, 0.05) is 31.2 Å². The molecular formula is C14H19N5OS. The van der Waals surface area contributed by atoms with Crippen molar-refractivity contribution in [2.45, 2.75) is 25.9 Å². The highest BCUT2D eigenvalue weighted by molar-refractivity contribution is 7.09. The molecule has 0 spiro atoms. The number of aryl methyl sites for hydroxylation is 1. The molecule has 7 heteroatoms. The summed E-state index contributed by atoms with van der Waals surface area (Å²) in [6, 6.07) is 2.37. The first kappa shape index (κ1) is 14.2. The normalized spacial score (nSPS) is 18.5. The fraction of sp³-hybridized carbons (Fsp3) is 0.500. The van der Waals surface area contributed by atoms with Gasteiger partial charge in [0.15, 0.2) is 0 Å². The molecule has 2 aromatic heterocycles. The van der Waals surface area contributed by atoms with Crippen molar-refractivity contribution in [3.05, 3.63) is 34.0 Å². The molecule has 0 aliphatic carbocycles. The van der Waals surface area contributed by atoms with Crippen molar-refractivity contribution < 1.29 is 4.79 Å². The van der Waals surface area contributed by atoms with Crippen LogP contribution >= 0.6 is 11.3 Å². The lowest BCUT2D eigenvalue weighted by atomic mass is 10.1. The summed E-state index contributed by atoms with van der Waals surface area (Å²) in [5, 5.41) is 10.1. The zero-order chi connectivity index (χ0) is 14.8. The van der Waals surface area contributed by atoms with Crippen LogP contribution in [-0.4, -0.2) is 45.7 Å². The number of thiazole rings is 1. The van der Waals surface area contributed by atoms with E-state index in [4.69, 9.17) is 0 Å². The fourth-order valence-corrected chi connectivity index (χ4v) is 3.29. The Balaban J connectivity index is 1.55. The molecule has 1 aliphatic heterocycles. The quantitative estimate of drug-likeness (QED) is 0.929. The van der Waals surface area contributed by atoms with E-state index in [0.717, 1.165) is 24.5 Å². The molecule has 3 heterocycles. The minimum absolute atomic E-state index is 0.0933. The Bertz CT molecular complexity index is 635. The number of nitrogens with zero attached hydrogens (tertiary/aromatic N) is 4. The molecule has 0 radical (unpaired) electrons. The smallest absolute Gasteiger partial charge is 0.270 e. The minimum Gasteiger partial charge on any atom is -0.351 e. The van der Waals surface area contributed by atoms with Crippen LogP contribution in [0.2, 0.25) is 0 Å². The van der Waals surface area contributed by atoms with Crippen molar-refractivity contribution in [3.63, 3.8) is 0 Å². The highest BCUT2D eigenvalue weighted by Gasteiger charge is 2.23. The number of nitrogens with one attached hydrogen (secondary N) is 1. The van der Waals surface area contributed by atoms with Crippen molar-refractivity contribution in [2.75, 3.05) is 20.1 Å². The first-order chi connectivity index (χ1) is 10.1. The summed E-state index contributed by atoms with van der Waals surface area (Å²) in [5.41, 5.74) is 1.74. The maximum absolute atomic E-state index is 12.0. The van der Waals surface area contributed by atoms with Crippen LogP contribution in [0.3, 0.4) is 0 Å². The van der Waals surface area contributed by atoms with Gasteiger partial charge in [-0.2, -0.15) is 5.10 Å². The van der Waals surface area contributed by atoms with Gasteiger partial charge >= 0.3 is 0 Å². The van der Waals surface area contributed by atoms with Crippen LogP contribution in [-0.2, 0) is 6.54 Å². The molecule has 112 valence electrons. The summed E-state index contributed by atoms with van der Waals surface area (Å²) in [6.45, 7) is 4.42. The van der Waals surface area contributed by atoms with E-state index in [1.54, 1.807) is 5.38 Å². The molecule has 2 aromatic rings. The maximum Gasteiger partial charge on any atom is 0.270 e. The molecule has 0 bridgehead atoms. The third-order valence-electron chi connectivity index (χ3n) is 3.67. The molecule has 1 amide bonds. The van der Waals surface area contributed by atoms with Gasteiger partial charge in [-0.05, 0) is 26.5 Å². The van der Waals surface area contributed by atoms with Gasteiger partial charge in [-0.3, -0.25) is 14.4 Å². The highest BCUT2D eigenvalue weighted by atomic mass is 32.1. The molecule has 0 saturated carbocycles. The van der Waals surface area contributed by atoms with Crippen LogP contribution < -0.4 is 5.32 Å². The Morgan fingerprint density at radius 2 is 2.43 bits per heavy atom. The number of hydrogen-bond acceptors (Lipinski definition) is 5. The van der Waals surface area contributed by atoms with Crippen LogP contribution in [0, 0.1) is 6.92 Å². The number of likely N-dealkylation sites (N-methyl/N-ethyl adjacent to an activating group) is 1. The second-order valence-electron chi connectivity index (χ2n) is 5.41. The zero-order valence-electron chi connectivity index (χ0n) is 12.2. The molecule has 3 rings (SSSR count). The lowest BCUT2D eigenvalue weighted by Gasteiger charge is -2.31. The van der Waals surface area contributed by atoms with Gasteiger partial charge in [0.1, 0.15) is 5.69 Å². The van der Waals surface area contributed by atoms with E-state index in [9.17, 15) is 4.79 Å². The van der Waals surface area contributed by atoms with Crippen LogP contribution in [0.25, 0.3) is 0 Å². The minimum atomic E-state index is -0.0933. The van der Waals surface area contributed by atoms with E-state index < -0.39 is 0 Å². The van der Waals surface area contributed by atoms with Crippen molar-refractivity contribution in [1.29, 1.82) is 0 Å². The number of rotatable bonds is 4. The number of hydrogen-bond donors (Lipinski definition) is 1. The van der Waals surface area contributed by atoms with Gasteiger partial charge in [-0.1, -0.05) is 0 Å². The van der Waals surface area contributed by atoms with Gasteiger partial charge < -0.3 is 5.32 Å². The Kier molecular flexibility index (Phi) is 4.03. The van der Waals surface area contributed by atoms with Crippen molar-refractivity contribution in [1.82, 2.24) is 25.0 Å². The summed E-state index contributed by atoms with van der Waals surface area (Å²) >= 11 is 1.49. The number of carbonyl (C=O) groups excluding carboxylic acids is 1. The third-order valence-corrected chi connectivity index (χ3v) is 4.44. The molecule has 0 fully saturated rings. The predicted octanol–water partition coefficient (Wildman–Crippen LogP) is 1.45. The standard InChI is InChI=1S/C14H19N5OS/c1-10-17-13(9-21-10)14(20)15-5-3-11-7-18(2)8-12-4-6-16-19(11)12/h4,6,9,11H,3,5,7-8H2,1-2H3,(H,15,20)/t11-/m0/s1. The second-order valence-corrected chi connectivity index (χ2v) is 6.48. The Labute approximate surface area is 127 Å². The lowest BCUT2D eigenvalue weighted by molar-refractivity contribution is 0.0944. The predicted molar refractivity (Wildman–Crippen MR) is 81.4 cm³/mol. The number of carbonyl (C=O) groups is 1. The molecule has 21 heavy (non-hydrogen) atoms. The summed E-state index contributed by atoms with van der Waals surface area (Å²) in [4.78, 5) is 18.4. The molecule has 1 atom stereocenters. The average molecular weight is 305 g/mol. The summed E-state index contributed by atoms with van der Waals surface area (Å²) in [6.07, 6.45) is 2.71. The van der Waals surface area contributed by atoms with Crippen LogP contribution in [0.4, 0.5) is 0 Å². The molecule has 0 aromatic carbocycles. The Morgan fingerprint density at radius 1 is 1.57 bits per heavy atom. The van der Waals surface area contributed by atoms with Gasteiger partial charge in [0.25, 0.3) is 5.91 Å². The van der Waals surface area contributed by atoms with Crippen molar-refractivity contribution in [3.8, 4) is 0 Å². The van der Waals surface area contributed by atoms with E-state index in [2.05, 4.69) is 38.1 Å². The Hall–Kier alpha value is -1.73. The van der Waals surface area contributed by atoms with E-state index in [1.807, 2.05) is 13.1 Å². The molecule has 1 aliphatic rings. The van der Waals surface area contributed by atoms with Crippen LogP contribution in [0.15, 0.2) is 17.6 Å². The van der Waals surface area contributed by atoms with E-state index in [0.29, 0.717) is 18.3 Å². The number of amides is 1. The first-order valence-corrected chi connectivity index (χ1v) is 7.92. The first-order valence-electron chi connectivity index (χ1n) is 7.05. The Morgan fingerprint density at radius 3 is 3.19 bits per heavy atom. The van der Waals surface area contributed by atoms with Crippen molar-refractivity contribution >= 4 is 17.2 Å². The van der Waals surface area contributed by atoms with E-state index >= 15 is 0 Å². The monoisotopic (exact) mass is 305 g/mol. The molecule has 1 N–H and O–H groups in total. The SMILES string of the molecule is Cc1nc(C(=O)NCC[C@H]2CN(C)Cc3ccnn32)cs1. The van der Waals surface area contributed by atoms with Crippen molar-refractivity contribution in [2.24, 2.45) is 0 Å². The second kappa shape index (κ2) is 5.95. The number of fused-ring (bicyclic) bond motifs is 1. The van der Waals surface area contributed by atoms with E-state index in [-0.39, 0.29) is 5.91 Å². The van der Waals surface area contributed by atoms with Crippen LogP contribution in [0.5, 0.6) is 0 Å². The zero-order valence-corrected chi connectivity index (χ0v) is 13.1. The highest BCUT2D eigenvalue weighted by Crippen LogP contribution is 2.21. The lowest BCUT2D eigenvalue weighted by Crippen LogP contribution is -2.37. The van der Waals surface area contributed by atoms with Gasteiger partial charge in [0.05, 0.1) is 16.7 Å². The van der Waals surface area contributed by atoms with Crippen LogP contribution in [0.1, 0.15) is 33.7 Å². The van der Waals surface area contributed by atoms with Gasteiger partial charge in [0.2, 0.25) is 0 Å². The van der Waals surface area contributed by atoms with E-state index in [1.165, 1.54) is 17.0 Å². The topological polar surface area (TPSA) is 63.1 Å². The average Bonchev–Trinajstić information content (AvgIpc) is 3.07. The third kappa shape index (κ3) is 3.14. The van der Waals surface area contributed by atoms with Gasteiger partial charge in [-0.15, -0.1) is 11.3 Å². The molecule has 0 unspecified atom stereocenters. The molecule has 0 saturated heterocycles. The summed E-state index contributed by atoms with van der Waals surface area (Å²) in [7, 11) is 2.11. The molecular weight excluding hydrogens is 286 g/mol. The van der Waals surface area contributed by atoms with Gasteiger partial charge in [-0.25, -0.2) is 4.98 Å². The largest absolute Gasteiger partial charge is 0.351 e. The molecule has 6 nitrogen and oxygen atoms in total. The fourth-order valence-electron chi connectivity index (χ4n) is 2.70. The maximum atomic E-state index is 12.0.